The molecule has 2 fully saturated rings. The van der Waals surface area contributed by atoms with Crippen molar-refractivity contribution >= 4 is 23.2 Å². The van der Waals surface area contributed by atoms with Crippen LogP contribution in [0.1, 0.15) is 22.7 Å². The molecule has 2 saturated heterocycles. The van der Waals surface area contributed by atoms with E-state index in [2.05, 4.69) is 0 Å². The molecule has 3 aromatic carbocycles. The molecule has 31 heavy (non-hydrogen) atoms. The fourth-order valence-corrected chi connectivity index (χ4v) is 4.34. The Morgan fingerprint density at radius 1 is 0.806 bits per heavy atom. The van der Waals surface area contributed by atoms with E-state index in [1.54, 1.807) is 35.4 Å². The van der Waals surface area contributed by atoms with Crippen molar-refractivity contribution in [1.29, 1.82) is 0 Å². The SMILES string of the molecule is Cc1ccc(N2C(=O)[C@H]3[C@H](ON(c4ccccc4)[C@H]3c3ccc(O)cc3)C2=O)cc1C. The quantitative estimate of drug-likeness (QED) is 0.655. The van der Waals surface area contributed by atoms with Gasteiger partial charge >= 0.3 is 0 Å². The number of carbonyl (C=O) groups excluding carboxylic acids is 2. The lowest BCUT2D eigenvalue weighted by molar-refractivity contribution is -0.126. The Bertz CT molecular complexity index is 1160. The van der Waals surface area contributed by atoms with E-state index in [1.807, 2.05) is 56.3 Å². The summed E-state index contributed by atoms with van der Waals surface area (Å²) in [6.07, 6.45) is -0.909. The number of aromatic hydroxyl groups is 1. The minimum absolute atomic E-state index is 0.135. The number of nitrogens with zero attached hydrogens (tertiary/aromatic N) is 2. The summed E-state index contributed by atoms with van der Waals surface area (Å²) in [6, 6.07) is 21.2. The molecule has 2 aliphatic rings. The van der Waals surface area contributed by atoms with Gasteiger partial charge in [0.1, 0.15) is 11.7 Å². The van der Waals surface area contributed by atoms with E-state index >= 15 is 0 Å². The third-order valence-corrected chi connectivity index (χ3v) is 6.11. The number of rotatable bonds is 3. The normalized spacial score (nSPS) is 22.8. The molecule has 0 bridgehead atoms. The number of hydroxylamine groups is 1. The number of imide groups is 1. The van der Waals surface area contributed by atoms with Gasteiger partial charge in [-0.2, -0.15) is 0 Å². The zero-order chi connectivity index (χ0) is 21.7. The second kappa shape index (κ2) is 7.25. The fraction of sp³-hybridized carbons (Fsp3) is 0.200. The predicted molar refractivity (Wildman–Crippen MR) is 117 cm³/mol. The lowest BCUT2D eigenvalue weighted by Crippen LogP contribution is -2.37. The first-order chi connectivity index (χ1) is 15.0. The van der Waals surface area contributed by atoms with Gasteiger partial charge in [-0.3, -0.25) is 14.4 Å². The van der Waals surface area contributed by atoms with Crippen molar-refractivity contribution in [2.45, 2.75) is 26.0 Å². The minimum atomic E-state index is -0.909. The largest absolute Gasteiger partial charge is 0.508 e. The summed E-state index contributed by atoms with van der Waals surface area (Å²) in [7, 11) is 0. The molecule has 6 nitrogen and oxygen atoms in total. The van der Waals surface area contributed by atoms with Crippen LogP contribution in [-0.4, -0.2) is 23.0 Å². The third kappa shape index (κ3) is 3.07. The van der Waals surface area contributed by atoms with Gasteiger partial charge in [-0.25, -0.2) is 9.96 Å². The monoisotopic (exact) mass is 414 g/mol. The molecule has 1 N–H and O–H groups in total. The highest BCUT2D eigenvalue weighted by Gasteiger charge is 2.60. The van der Waals surface area contributed by atoms with E-state index < -0.39 is 18.1 Å². The number of para-hydroxylation sites is 1. The number of anilines is 2. The lowest BCUT2D eigenvalue weighted by Gasteiger charge is -2.28. The Kier molecular flexibility index (Phi) is 4.52. The van der Waals surface area contributed by atoms with E-state index in [0.29, 0.717) is 5.69 Å². The van der Waals surface area contributed by atoms with Gasteiger partial charge in [0.25, 0.3) is 5.91 Å². The van der Waals surface area contributed by atoms with Gasteiger partial charge < -0.3 is 5.11 Å². The zero-order valence-electron chi connectivity index (χ0n) is 17.2. The molecule has 2 heterocycles. The first-order valence-corrected chi connectivity index (χ1v) is 10.2. The molecule has 156 valence electrons. The van der Waals surface area contributed by atoms with Crippen LogP contribution in [0.5, 0.6) is 5.75 Å². The van der Waals surface area contributed by atoms with Crippen molar-refractivity contribution < 1.29 is 19.5 Å². The summed E-state index contributed by atoms with van der Waals surface area (Å²) in [5.74, 6) is -1.20. The van der Waals surface area contributed by atoms with Crippen LogP contribution in [0, 0.1) is 19.8 Å². The molecule has 0 aromatic heterocycles. The highest BCUT2D eigenvalue weighted by molar-refractivity contribution is 6.24. The summed E-state index contributed by atoms with van der Waals surface area (Å²) in [5, 5.41) is 11.4. The summed E-state index contributed by atoms with van der Waals surface area (Å²) < 4.78 is 0. The Balaban J connectivity index is 1.58. The van der Waals surface area contributed by atoms with E-state index in [0.717, 1.165) is 22.4 Å². The van der Waals surface area contributed by atoms with Gasteiger partial charge in [0.05, 0.1) is 17.4 Å². The van der Waals surface area contributed by atoms with E-state index in [4.69, 9.17) is 4.84 Å². The van der Waals surface area contributed by atoms with Gasteiger partial charge in [-0.15, -0.1) is 0 Å². The standard InChI is InChI=1S/C25H22N2O4/c1-15-8-11-19(14-16(15)2)26-24(29)21-22(17-9-12-20(28)13-10-17)27(31-23(21)25(26)30)18-6-4-3-5-7-18/h3-14,21-23,28H,1-2H3/t21-,22+,23+/m1/s1. The Hall–Kier alpha value is -3.64. The average molecular weight is 414 g/mol. The highest BCUT2D eigenvalue weighted by Crippen LogP contribution is 2.47. The van der Waals surface area contributed by atoms with Gasteiger partial charge in [0, 0.05) is 0 Å². The van der Waals surface area contributed by atoms with Crippen LogP contribution in [0.25, 0.3) is 0 Å². The van der Waals surface area contributed by atoms with Crippen molar-refractivity contribution in [3.05, 3.63) is 89.5 Å². The second-order valence-electron chi connectivity index (χ2n) is 8.03. The van der Waals surface area contributed by atoms with Gasteiger partial charge in [-0.1, -0.05) is 36.4 Å². The molecular formula is C25H22N2O4. The molecule has 5 rings (SSSR count). The van der Waals surface area contributed by atoms with Gasteiger partial charge in [0.2, 0.25) is 5.91 Å². The molecule has 0 aliphatic carbocycles. The van der Waals surface area contributed by atoms with Crippen molar-refractivity contribution in [2.24, 2.45) is 5.92 Å². The number of phenolic OH excluding ortho intramolecular Hbond substituents is 1. The van der Waals surface area contributed by atoms with Gasteiger partial charge in [-0.05, 0) is 66.9 Å². The number of hydrogen-bond acceptors (Lipinski definition) is 5. The van der Waals surface area contributed by atoms with Crippen LogP contribution in [-0.2, 0) is 14.4 Å². The number of aryl methyl sites for hydroxylation is 2. The Labute approximate surface area is 180 Å². The molecular weight excluding hydrogens is 392 g/mol. The molecule has 2 amide bonds. The number of benzene rings is 3. The predicted octanol–water partition coefficient (Wildman–Crippen LogP) is 4.06. The molecule has 3 atom stereocenters. The summed E-state index contributed by atoms with van der Waals surface area (Å²) in [6.45, 7) is 3.95. The van der Waals surface area contributed by atoms with Crippen LogP contribution in [0.3, 0.4) is 0 Å². The van der Waals surface area contributed by atoms with Crippen molar-refractivity contribution in [2.75, 3.05) is 9.96 Å². The van der Waals surface area contributed by atoms with Crippen molar-refractivity contribution in [1.82, 2.24) is 0 Å². The zero-order valence-corrected chi connectivity index (χ0v) is 17.2. The summed E-state index contributed by atoms with van der Waals surface area (Å²) in [5.41, 5.74) is 4.21. The first kappa shape index (κ1) is 19.3. The number of phenols is 1. The van der Waals surface area contributed by atoms with Gasteiger partial charge in [0.15, 0.2) is 6.10 Å². The molecule has 3 aromatic rings. The van der Waals surface area contributed by atoms with Crippen LogP contribution in [0.4, 0.5) is 11.4 Å². The summed E-state index contributed by atoms with van der Waals surface area (Å²) in [4.78, 5) is 34.2. The highest BCUT2D eigenvalue weighted by atomic mass is 16.7. The van der Waals surface area contributed by atoms with E-state index in [1.165, 1.54) is 4.90 Å². The number of fused-ring (bicyclic) bond motifs is 1. The molecule has 2 aliphatic heterocycles. The maximum absolute atomic E-state index is 13.6. The summed E-state index contributed by atoms with van der Waals surface area (Å²) >= 11 is 0. The minimum Gasteiger partial charge on any atom is -0.508 e. The molecule has 0 saturated carbocycles. The number of amides is 2. The van der Waals surface area contributed by atoms with Crippen LogP contribution in [0.2, 0.25) is 0 Å². The molecule has 0 spiro atoms. The maximum atomic E-state index is 13.6. The average Bonchev–Trinajstić information content (AvgIpc) is 3.28. The Morgan fingerprint density at radius 3 is 2.19 bits per heavy atom. The smallest absolute Gasteiger partial charge is 0.266 e. The van der Waals surface area contributed by atoms with Crippen LogP contribution < -0.4 is 9.96 Å². The van der Waals surface area contributed by atoms with Crippen molar-refractivity contribution in [3.63, 3.8) is 0 Å². The first-order valence-electron chi connectivity index (χ1n) is 10.2. The number of hydrogen-bond donors (Lipinski definition) is 1. The van der Waals surface area contributed by atoms with E-state index in [-0.39, 0.29) is 17.6 Å². The Morgan fingerprint density at radius 2 is 1.52 bits per heavy atom. The maximum Gasteiger partial charge on any atom is 0.266 e. The topological polar surface area (TPSA) is 70.1 Å². The number of carbonyl (C=O) groups is 2. The third-order valence-electron chi connectivity index (χ3n) is 6.11. The molecule has 6 heteroatoms. The van der Waals surface area contributed by atoms with Crippen molar-refractivity contribution in [3.8, 4) is 5.75 Å². The molecule has 0 unspecified atom stereocenters. The molecule has 0 radical (unpaired) electrons. The van der Waals surface area contributed by atoms with Crippen LogP contribution >= 0.6 is 0 Å². The van der Waals surface area contributed by atoms with Crippen LogP contribution in [0.15, 0.2) is 72.8 Å². The van der Waals surface area contributed by atoms with E-state index in [9.17, 15) is 14.7 Å². The fourth-order valence-electron chi connectivity index (χ4n) is 4.34. The second-order valence-corrected chi connectivity index (χ2v) is 8.03. The lowest BCUT2D eigenvalue weighted by atomic mass is 9.90.